The molecule has 1 aromatic heterocycles. The normalized spacial score (nSPS) is 15.0. The Balaban J connectivity index is 2.86. The highest BCUT2D eigenvalue weighted by Gasteiger charge is 2.49. The van der Waals surface area contributed by atoms with Crippen molar-refractivity contribution in [2.24, 2.45) is 11.1 Å². The molecule has 0 aliphatic rings. The number of hydrogen-bond donors (Lipinski definition) is 1. The van der Waals surface area contributed by atoms with E-state index in [1.165, 1.54) is 0 Å². The predicted octanol–water partition coefficient (Wildman–Crippen LogP) is 3.41. The first-order valence-corrected chi connectivity index (χ1v) is 6.98. The molecule has 1 amide bonds. The molecule has 0 fully saturated rings. The van der Waals surface area contributed by atoms with Crippen molar-refractivity contribution in [3.63, 3.8) is 0 Å². The molecule has 1 unspecified atom stereocenters. The number of pyridine rings is 1. The molecule has 3 nitrogen and oxygen atoms in total. The summed E-state index contributed by atoms with van der Waals surface area (Å²) in [5.41, 5.74) is 5.53. The van der Waals surface area contributed by atoms with Crippen molar-refractivity contribution < 1.29 is 4.79 Å². The lowest BCUT2D eigenvalue weighted by Gasteiger charge is -2.41. The van der Waals surface area contributed by atoms with Gasteiger partial charge in [-0.05, 0) is 23.3 Å². The minimum atomic E-state index is -0.770. The zero-order chi connectivity index (χ0) is 15.0. The fourth-order valence-corrected chi connectivity index (χ4v) is 3.17. The molecule has 2 N–H and O–H groups in total. The molecule has 1 heterocycles. The minimum Gasteiger partial charge on any atom is -0.369 e. The summed E-state index contributed by atoms with van der Waals surface area (Å²) >= 11 is 0. The van der Waals surface area contributed by atoms with Gasteiger partial charge in [-0.1, -0.05) is 52.0 Å². The third kappa shape index (κ3) is 1.98. The van der Waals surface area contributed by atoms with Crippen molar-refractivity contribution in [2.75, 3.05) is 0 Å². The second-order valence-electron chi connectivity index (χ2n) is 6.25. The Morgan fingerprint density at radius 1 is 1.20 bits per heavy atom. The van der Waals surface area contributed by atoms with E-state index in [1.807, 2.05) is 58.0 Å². The number of carbonyl (C=O) groups excluding carboxylic acids is 1. The van der Waals surface area contributed by atoms with E-state index in [2.05, 4.69) is 4.98 Å². The van der Waals surface area contributed by atoms with E-state index >= 15 is 0 Å². The van der Waals surface area contributed by atoms with Gasteiger partial charge in [0.2, 0.25) is 5.91 Å². The minimum absolute atomic E-state index is 0.301. The summed E-state index contributed by atoms with van der Waals surface area (Å²) in [6.07, 6.45) is 2.39. The summed E-state index contributed by atoms with van der Waals surface area (Å²) in [7, 11) is 0. The fraction of sp³-hybridized carbons (Fsp3) is 0.412. The molecule has 0 spiro atoms. The molecule has 0 aliphatic carbocycles. The SMILES string of the molecule is CCC(C(N)=O)(c1nccc2ccccc12)C(C)(C)C. The Morgan fingerprint density at radius 2 is 1.85 bits per heavy atom. The lowest BCUT2D eigenvalue weighted by molar-refractivity contribution is -0.128. The zero-order valence-electron chi connectivity index (χ0n) is 12.6. The van der Waals surface area contributed by atoms with Crippen molar-refractivity contribution in [1.82, 2.24) is 4.98 Å². The second-order valence-corrected chi connectivity index (χ2v) is 6.25. The summed E-state index contributed by atoms with van der Waals surface area (Å²) in [4.78, 5) is 16.9. The molecule has 0 saturated carbocycles. The Bertz CT molecular complexity index is 637. The van der Waals surface area contributed by atoms with Crippen LogP contribution in [0.5, 0.6) is 0 Å². The van der Waals surface area contributed by atoms with E-state index in [0.29, 0.717) is 6.42 Å². The largest absolute Gasteiger partial charge is 0.369 e. The number of carbonyl (C=O) groups is 1. The van der Waals surface area contributed by atoms with Crippen LogP contribution in [0.1, 0.15) is 39.8 Å². The third-order valence-electron chi connectivity index (χ3n) is 4.31. The van der Waals surface area contributed by atoms with Gasteiger partial charge in [0.25, 0.3) is 0 Å². The van der Waals surface area contributed by atoms with Crippen molar-refractivity contribution in [3.8, 4) is 0 Å². The van der Waals surface area contributed by atoms with Gasteiger partial charge in [-0.15, -0.1) is 0 Å². The molecular formula is C17H22N2O. The van der Waals surface area contributed by atoms with Crippen LogP contribution in [0.15, 0.2) is 36.5 Å². The molecule has 0 radical (unpaired) electrons. The molecule has 1 aromatic carbocycles. The van der Waals surface area contributed by atoms with Crippen LogP contribution in [0.2, 0.25) is 0 Å². The van der Waals surface area contributed by atoms with Crippen LogP contribution in [-0.4, -0.2) is 10.9 Å². The maximum absolute atomic E-state index is 12.3. The molecule has 20 heavy (non-hydrogen) atoms. The van der Waals surface area contributed by atoms with E-state index in [-0.39, 0.29) is 11.3 Å². The van der Waals surface area contributed by atoms with Crippen LogP contribution in [0.3, 0.4) is 0 Å². The van der Waals surface area contributed by atoms with Crippen molar-refractivity contribution in [1.29, 1.82) is 0 Å². The van der Waals surface area contributed by atoms with Gasteiger partial charge in [0, 0.05) is 11.6 Å². The monoisotopic (exact) mass is 270 g/mol. The van der Waals surface area contributed by atoms with Gasteiger partial charge in [-0.25, -0.2) is 0 Å². The molecular weight excluding hydrogens is 248 g/mol. The number of hydrogen-bond acceptors (Lipinski definition) is 2. The molecule has 0 aliphatic heterocycles. The van der Waals surface area contributed by atoms with Crippen LogP contribution in [0, 0.1) is 5.41 Å². The topological polar surface area (TPSA) is 56.0 Å². The highest BCUT2D eigenvalue weighted by Crippen LogP contribution is 2.45. The number of nitrogens with zero attached hydrogens (tertiary/aromatic N) is 1. The molecule has 2 rings (SSSR count). The molecule has 0 saturated heterocycles. The van der Waals surface area contributed by atoms with E-state index in [0.717, 1.165) is 16.5 Å². The smallest absolute Gasteiger partial charge is 0.230 e. The summed E-state index contributed by atoms with van der Waals surface area (Å²) in [5, 5.41) is 2.09. The van der Waals surface area contributed by atoms with Crippen LogP contribution < -0.4 is 5.73 Å². The Hall–Kier alpha value is -1.90. The Labute approximate surface area is 120 Å². The average molecular weight is 270 g/mol. The van der Waals surface area contributed by atoms with Gasteiger partial charge in [0.15, 0.2) is 0 Å². The summed E-state index contributed by atoms with van der Waals surface area (Å²) in [5.74, 6) is -0.309. The number of fused-ring (bicyclic) bond motifs is 1. The second kappa shape index (κ2) is 4.89. The highest BCUT2D eigenvalue weighted by molar-refractivity contribution is 5.94. The highest BCUT2D eigenvalue weighted by atomic mass is 16.1. The fourth-order valence-electron chi connectivity index (χ4n) is 3.17. The Kier molecular flexibility index (Phi) is 3.55. The maximum atomic E-state index is 12.3. The van der Waals surface area contributed by atoms with E-state index in [4.69, 9.17) is 5.73 Å². The first kappa shape index (κ1) is 14.5. The number of rotatable bonds is 3. The van der Waals surface area contributed by atoms with Gasteiger partial charge in [-0.3, -0.25) is 9.78 Å². The molecule has 106 valence electrons. The summed E-state index contributed by atoms with van der Waals surface area (Å²) in [6, 6.07) is 9.96. The van der Waals surface area contributed by atoms with Gasteiger partial charge in [0.05, 0.1) is 11.1 Å². The van der Waals surface area contributed by atoms with Gasteiger partial charge in [0.1, 0.15) is 0 Å². The van der Waals surface area contributed by atoms with Crippen LogP contribution in [-0.2, 0) is 10.2 Å². The number of primary amides is 1. The predicted molar refractivity (Wildman–Crippen MR) is 82.4 cm³/mol. The van der Waals surface area contributed by atoms with Crippen LogP contribution >= 0.6 is 0 Å². The third-order valence-corrected chi connectivity index (χ3v) is 4.31. The quantitative estimate of drug-likeness (QED) is 0.929. The first-order chi connectivity index (χ1) is 9.34. The van der Waals surface area contributed by atoms with Crippen molar-refractivity contribution in [3.05, 3.63) is 42.2 Å². The molecule has 2 aromatic rings. The molecule has 0 bridgehead atoms. The van der Waals surface area contributed by atoms with Crippen LogP contribution in [0.25, 0.3) is 10.8 Å². The molecule has 1 atom stereocenters. The Morgan fingerprint density at radius 3 is 2.40 bits per heavy atom. The van der Waals surface area contributed by atoms with Gasteiger partial charge in [-0.2, -0.15) is 0 Å². The number of amides is 1. The summed E-state index contributed by atoms with van der Waals surface area (Å²) in [6.45, 7) is 8.14. The van der Waals surface area contributed by atoms with E-state index in [9.17, 15) is 4.79 Å². The lowest BCUT2D eigenvalue weighted by atomic mass is 9.61. The number of benzene rings is 1. The van der Waals surface area contributed by atoms with Gasteiger partial charge < -0.3 is 5.73 Å². The van der Waals surface area contributed by atoms with E-state index in [1.54, 1.807) is 6.20 Å². The number of nitrogens with two attached hydrogens (primary N) is 1. The van der Waals surface area contributed by atoms with Crippen molar-refractivity contribution in [2.45, 2.75) is 39.5 Å². The first-order valence-electron chi connectivity index (χ1n) is 6.98. The summed E-state index contributed by atoms with van der Waals surface area (Å²) < 4.78 is 0. The van der Waals surface area contributed by atoms with E-state index < -0.39 is 5.41 Å². The van der Waals surface area contributed by atoms with Crippen LogP contribution in [0.4, 0.5) is 0 Å². The maximum Gasteiger partial charge on any atom is 0.230 e. The number of aromatic nitrogens is 1. The van der Waals surface area contributed by atoms with Gasteiger partial charge >= 0.3 is 0 Å². The standard InChI is InChI=1S/C17H22N2O/c1-5-17(15(18)20,16(2,3)4)14-13-9-7-6-8-12(13)10-11-19-14/h6-11H,5H2,1-4H3,(H2,18,20). The average Bonchev–Trinajstić information content (AvgIpc) is 2.38. The molecule has 3 heteroatoms. The van der Waals surface area contributed by atoms with Crippen molar-refractivity contribution >= 4 is 16.7 Å². The lowest BCUT2D eigenvalue weighted by Crippen LogP contribution is -2.51. The zero-order valence-corrected chi connectivity index (χ0v) is 12.6.